The molecule has 1 atom stereocenters. The Kier molecular flexibility index (Phi) is 6.55. The van der Waals surface area contributed by atoms with Gasteiger partial charge in [-0.3, -0.25) is 4.90 Å². The third kappa shape index (κ3) is 5.15. The van der Waals surface area contributed by atoms with Crippen LogP contribution in [0, 0.1) is 5.92 Å². The van der Waals surface area contributed by atoms with Crippen LogP contribution >= 0.6 is 0 Å². The number of rotatable bonds is 5. The number of likely N-dealkylation sites (tertiary alicyclic amines) is 1. The Morgan fingerprint density at radius 2 is 1.62 bits per heavy atom. The molecule has 0 bridgehead atoms. The fraction of sp³-hybridized carbons (Fsp3) is 1.00. The highest BCUT2D eigenvalue weighted by atomic mass is 16.5. The summed E-state index contributed by atoms with van der Waals surface area (Å²) in [4.78, 5) is 10.5. The van der Waals surface area contributed by atoms with Crippen LogP contribution in [0.15, 0.2) is 0 Å². The zero-order chi connectivity index (χ0) is 17.0. The van der Waals surface area contributed by atoms with Crippen LogP contribution in [-0.2, 0) is 4.74 Å². The Hall–Kier alpha value is -0.200. The maximum Gasteiger partial charge on any atom is 0.0594 e. The quantitative estimate of drug-likeness (QED) is 0.745. The molecule has 24 heavy (non-hydrogen) atoms. The lowest BCUT2D eigenvalue weighted by atomic mass is 9.94. The van der Waals surface area contributed by atoms with Gasteiger partial charge in [-0.05, 0) is 46.2 Å². The number of morpholine rings is 1. The van der Waals surface area contributed by atoms with E-state index in [-0.39, 0.29) is 5.54 Å². The lowest BCUT2D eigenvalue weighted by molar-refractivity contribution is -0.0267. The summed E-state index contributed by atoms with van der Waals surface area (Å²) in [6.45, 7) is 18.9. The van der Waals surface area contributed by atoms with Gasteiger partial charge in [0.1, 0.15) is 0 Å². The van der Waals surface area contributed by atoms with Crippen LogP contribution in [0.1, 0.15) is 26.7 Å². The second-order valence-electron chi connectivity index (χ2n) is 8.76. The molecule has 3 aliphatic heterocycles. The number of nitrogens with zero attached hydrogens (tertiary/aromatic N) is 4. The van der Waals surface area contributed by atoms with Gasteiger partial charge in [0.25, 0.3) is 0 Å². The summed E-state index contributed by atoms with van der Waals surface area (Å²) >= 11 is 0. The third-order valence-corrected chi connectivity index (χ3v) is 6.19. The van der Waals surface area contributed by atoms with Gasteiger partial charge < -0.3 is 19.4 Å². The molecule has 3 rings (SSSR count). The van der Waals surface area contributed by atoms with Gasteiger partial charge in [-0.1, -0.05) is 0 Å². The van der Waals surface area contributed by atoms with Gasteiger partial charge in [0.05, 0.1) is 13.2 Å². The molecule has 0 spiro atoms. The molecule has 0 saturated carbocycles. The highest BCUT2D eigenvalue weighted by Gasteiger charge is 2.32. The number of piperazine rings is 1. The van der Waals surface area contributed by atoms with Crippen LogP contribution in [0.5, 0.6) is 0 Å². The molecule has 140 valence electrons. The Labute approximate surface area is 148 Å². The number of likely N-dealkylation sites (N-methyl/N-ethyl adjacent to an activating group) is 1. The van der Waals surface area contributed by atoms with Crippen molar-refractivity contribution in [1.29, 1.82) is 0 Å². The van der Waals surface area contributed by atoms with Gasteiger partial charge in [0.15, 0.2) is 0 Å². The molecular weight excluding hydrogens is 300 g/mol. The van der Waals surface area contributed by atoms with Gasteiger partial charge in [0.2, 0.25) is 0 Å². The van der Waals surface area contributed by atoms with Crippen LogP contribution < -0.4 is 0 Å². The Morgan fingerprint density at radius 1 is 0.917 bits per heavy atom. The summed E-state index contributed by atoms with van der Waals surface area (Å²) in [5, 5.41) is 0. The molecule has 0 radical (unpaired) electrons. The van der Waals surface area contributed by atoms with Crippen molar-refractivity contribution in [2.75, 3.05) is 85.7 Å². The van der Waals surface area contributed by atoms with Gasteiger partial charge in [0, 0.05) is 64.4 Å². The lowest BCUT2D eigenvalue weighted by Gasteiger charge is -2.46. The molecule has 0 aromatic heterocycles. The zero-order valence-electron chi connectivity index (χ0n) is 16.2. The lowest BCUT2D eigenvalue weighted by Crippen LogP contribution is -2.57. The summed E-state index contributed by atoms with van der Waals surface area (Å²) < 4.78 is 5.53. The summed E-state index contributed by atoms with van der Waals surface area (Å²) in [6, 6.07) is 0. The largest absolute Gasteiger partial charge is 0.379 e. The van der Waals surface area contributed by atoms with Crippen LogP contribution in [0.3, 0.4) is 0 Å². The number of hydrogen-bond donors (Lipinski definition) is 0. The third-order valence-electron chi connectivity index (χ3n) is 6.19. The van der Waals surface area contributed by atoms with Crippen LogP contribution in [0.4, 0.5) is 0 Å². The van der Waals surface area contributed by atoms with E-state index in [1.54, 1.807) is 0 Å². The first kappa shape index (κ1) is 18.6. The highest BCUT2D eigenvalue weighted by Crippen LogP contribution is 2.23. The minimum atomic E-state index is 0.263. The predicted octanol–water partition coefficient (Wildman–Crippen LogP) is 1.06. The van der Waals surface area contributed by atoms with E-state index < -0.39 is 0 Å². The molecule has 0 amide bonds. The highest BCUT2D eigenvalue weighted by molar-refractivity contribution is 4.88. The molecule has 0 aromatic carbocycles. The summed E-state index contributed by atoms with van der Waals surface area (Å²) in [5.41, 5.74) is 0.263. The van der Waals surface area contributed by atoms with Crippen molar-refractivity contribution in [2.24, 2.45) is 5.92 Å². The Morgan fingerprint density at radius 3 is 2.33 bits per heavy atom. The van der Waals surface area contributed by atoms with E-state index in [9.17, 15) is 0 Å². The minimum absolute atomic E-state index is 0.263. The zero-order valence-corrected chi connectivity index (χ0v) is 16.2. The van der Waals surface area contributed by atoms with Gasteiger partial charge in [-0.25, -0.2) is 0 Å². The smallest absolute Gasteiger partial charge is 0.0594 e. The number of hydrogen-bond acceptors (Lipinski definition) is 5. The molecule has 3 heterocycles. The van der Waals surface area contributed by atoms with Gasteiger partial charge in [-0.15, -0.1) is 0 Å². The first-order valence-electron chi connectivity index (χ1n) is 9.99. The van der Waals surface area contributed by atoms with Gasteiger partial charge in [-0.2, -0.15) is 0 Å². The molecule has 3 fully saturated rings. The summed E-state index contributed by atoms with van der Waals surface area (Å²) in [5.74, 6) is 0.864. The number of ether oxygens (including phenoxy) is 1. The molecule has 5 nitrogen and oxygen atoms in total. The molecule has 3 aliphatic rings. The van der Waals surface area contributed by atoms with Crippen molar-refractivity contribution in [3.05, 3.63) is 0 Å². The second-order valence-corrected chi connectivity index (χ2v) is 8.76. The van der Waals surface area contributed by atoms with Crippen molar-refractivity contribution < 1.29 is 4.74 Å². The molecule has 0 aliphatic carbocycles. The van der Waals surface area contributed by atoms with Crippen LogP contribution in [-0.4, -0.2) is 111 Å². The van der Waals surface area contributed by atoms with E-state index >= 15 is 0 Å². The van der Waals surface area contributed by atoms with E-state index in [4.69, 9.17) is 4.74 Å². The van der Waals surface area contributed by atoms with E-state index in [0.717, 1.165) is 32.2 Å². The summed E-state index contributed by atoms with van der Waals surface area (Å²) in [7, 11) is 2.24. The summed E-state index contributed by atoms with van der Waals surface area (Å²) in [6.07, 6.45) is 2.79. The Balaban J connectivity index is 1.46. The molecule has 5 heteroatoms. The van der Waals surface area contributed by atoms with Crippen molar-refractivity contribution >= 4 is 0 Å². The van der Waals surface area contributed by atoms with Crippen molar-refractivity contribution in [3.8, 4) is 0 Å². The second kappa shape index (κ2) is 8.45. The maximum absolute atomic E-state index is 5.53. The van der Waals surface area contributed by atoms with Crippen LogP contribution in [0.25, 0.3) is 0 Å². The molecule has 3 saturated heterocycles. The first-order valence-corrected chi connectivity index (χ1v) is 9.99. The van der Waals surface area contributed by atoms with E-state index in [1.807, 2.05) is 0 Å². The average Bonchev–Trinajstić information content (AvgIpc) is 2.58. The molecule has 0 N–H and O–H groups in total. The monoisotopic (exact) mass is 338 g/mol. The normalized spacial score (nSPS) is 29.9. The fourth-order valence-electron chi connectivity index (χ4n) is 4.66. The van der Waals surface area contributed by atoms with Crippen LogP contribution in [0.2, 0.25) is 0 Å². The van der Waals surface area contributed by atoms with Crippen molar-refractivity contribution in [1.82, 2.24) is 19.6 Å². The molecule has 1 unspecified atom stereocenters. The maximum atomic E-state index is 5.53. The number of piperidine rings is 1. The fourth-order valence-corrected chi connectivity index (χ4v) is 4.66. The van der Waals surface area contributed by atoms with Crippen molar-refractivity contribution in [3.63, 3.8) is 0 Å². The predicted molar refractivity (Wildman–Crippen MR) is 99.6 cm³/mol. The Bertz CT molecular complexity index is 376. The first-order chi connectivity index (χ1) is 11.5. The standard InChI is InChI=1S/C19H38N4O/c1-19(2,23-11-13-24-14-12-23)17-22-6-4-5-18(16-22)15-21-9-7-20(3)8-10-21/h18H,4-17H2,1-3H3. The van der Waals surface area contributed by atoms with E-state index in [0.29, 0.717) is 0 Å². The van der Waals surface area contributed by atoms with E-state index in [2.05, 4.69) is 40.5 Å². The molecule has 0 aromatic rings. The SMILES string of the molecule is CN1CCN(CC2CCCN(CC(C)(C)N3CCOCC3)C2)CC1. The average molecular weight is 339 g/mol. The van der Waals surface area contributed by atoms with Gasteiger partial charge >= 0.3 is 0 Å². The van der Waals surface area contributed by atoms with E-state index in [1.165, 1.54) is 65.2 Å². The topological polar surface area (TPSA) is 22.2 Å². The minimum Gasteiger partial charge on any atom is -0.379 e. The van der Waals surface area contributed by atoms with Crippen molar-refractivity contribution in [2.45, 2.75) is 32.2 Å². The molecular formula is C19H38N4O.